The number of aldehydes is 1. The highest BCUT2D eigenvalue weighted by molar-refractivity contribution is 6.30. The summed E-state index contributed by atoms with van der Waals surface area (Å²) in [6.07, 6.45) is 1.19. The zero-order chi connectivity index (χ0) is 11.5. The minimum atomic E-state index is 0.251. The summed E-state index contributed by atoms with van der Waals surface area (Å²) in [6, 6.07) is 8.92. The molecule has 0 atom stereocenters. The van der Waals surface area contributed by atoms with Crippen molar-refractivity contribution >= 4 is 23.6 Å². The monoisotopic (exact) mass is 235 g/mol. The topological polar surface area (TPSA) is 56.2 Å². The highest BCUT2D eigenvalue weighted by Crippen LogP contribution is 2.21. The van der Waals surface area contributed by atoms with E-state index in [1.165, 1.54) is 6.07 Å². The first-order valence-corrected chi connectivity index (χ1v) is 5.14. The summed E-state index contributed by atoms with van der Waals surface area (Å²) in [5.74, 6) is 0.853. The van der Waals surface area contributed by atoms with E-state index in [1.807, 2.05) is 12.1 Å². The number of benzene rings is 1. The zero-order valence-corrected chi connectivity index (χ0v) is 9.20. The minimum absolute atomic E-state index is 0.251. The van der Waals surface area contributed by atoms with Gasteiger partial charge < -0.3 is 10.2 Å². The van der Waals surface area contributed by atoms with Gasteiger partial charge in [-0.25, -0.2) is 0 Å². The van der Waals surface area contributed by atoms with Crippen LogP contribution in [0.2, 0.25) is 5.02 Å². The average molecular weight is 236 g/mol. The van der Waals surface area contributed by atoms with Crippen molar-refractivity contribution in [2.45, 2.75) is 6.42 Å². The van der Waals surface area contributed by atoms with Crippen LogP contribution in [0.3, 0.4) is 0 Å². The van der Waals surface area contributed by atoms with Crippen LogP contribution in [-0.4, -0.2) is 6.29 Å². The highest BCUT2D eigenvalue weighted by Gasteiger charge is 2.08. The van der Waals surface area contributed by atoms with Gasteiger partial charge in [-0.2, -0.15) is 0 Å². The molecule has 0 fully saturated rings. The summed E-state index contributed by atoms with van der Waals surface area (Å²) in [4.78, 5) is 10.5. The number of hydrogen-bond donors (Lipinski definition) is 1. The molecular weight excluding hydrogens is 226 g/mol. The van der Waals surface area contributed by atoms with E-state index in [1.54, 1.807) is 12.1 Å². The fourth-order valence-corrected chi connectivity index (χ4v) is 1.57. The number of carbonyl (C=O) groups excluding carboxylic acids is 1. The molecular formula is C12H10ClNO2. The first-order chi connectivity index (χ1) is 7.69. The molecule has 2 N–H and O–H groups in total. The maximum atomic E-state index is 10.5. The molecule has 3 nitrogen and oxygen atoms in total. The summed E-state index contributed by atoms with van der Waals surface area (Å²) in [5, 5.41) is 0.685. The molecule has 0 saturated heterocycles. The Bertz CT molecular complexity index is 502. The van der Waals surface area contributed by atoms with Crippen molar-refractivity contribution in [3.05, 3.63) is 52.4 Å². The van der Waals surface area contributed by atoms with Crippen LogP contribution in [0.1, 0.15) is 21.9 Å². The lowest BCUT2D eigenvalue weighted by Crippen LogP contribution is -1.91. The third-order valence-corrected chi connectivity index (χ3v) is 2.51. The molecule has 2 aromatic rings. The van der Waals surface area contributed by atoms with Crippen LogP contribution >= 0.6 is 11.6 Å². The maximum absolute atomic E-state index is 10.5. The Hall–Kier alpha value is -1.74. The number of carbonyl (C=O) groups is 1. The van der Waals surface area contributed by atoms with E-state index in [4.69, 9.17) is 21.8 Å². The van der Waals surface area contributed by atoms with E-state index in [0.29, 0.717) is 29.2 Å². The molecule has 0 aliphatic rings. The second kappa shape index (κ2) is 4.41. The van der Waals surface area contributed by atoms with E-state index < -0.39 is 0 Å². The zero-order valence-electron chi connectivity index (χ0n) is 8.44. The van der Waals surface area contributed by atoms with E-state index in [9.17, 15) is 4.79 Å². The number of halogens is 1. The minimum Gasteiger partial charge on any atom is -0.456 e. The Morgan fingerprint density at radius 1 is 1.31 bits per heavy atom. The highest BCUT2D eigenvalue weighted by atomic mass is 35.5. The summed E-state index contributed by atoms with van der Waals surface area (Å²) >= 11 is 5.78. The standard InChI is InChI=1S/C12H10ClNO2/c13-9-3-1-8(2-4-9)5-12-11(14)6-10(7-15)16-12/h1-4,6-7H,5,14H2. The largest absolute Gasteiger partial charge is 0.456 e. The Labute approximate surface area is 97.8 Å². The van der Waals surface area contributed by atoms with Gasteiger partial charge in [0.15, 0.2) is 12.0 Å². The number of hydrogen-bond acceptors (Lipinski definition) is 3. The lowest BCUT2D eigenvalue weighted by atomic mass is 10.1. The molecule has 0 unspecified atom stereocenters. The van der Waals surface area contributed by atoms with Crippen LogP contribution < -0.4 is 5.73 Å². The van der Waals surface area contributed by atoms with E-state index in [0.717, 1.165) is 5.56 Å². The average Bonchev–Trinajstić information content (AvgIpc) is 2.63. The smallest absolute Gasteiger partial charge is 0.185 e. The van der Waals surface area contributed by atoms with E-state index in [2.05, 4.69) is 0 Å². The quantitative estimate of drug-likeness (QED) is 0.833. The van der Waals surface area contributed by atoms with Gasteiger partial charge in [-0.15, -0.1) is 0 Å². The maximum Gasteiger partial charge on any atom is 0.185 e. The van der Waals surface area contributed by atoms with Crippen LogP contribution in [0.5, 0.6) is 0 Å². The lowest BCUT2D eigenvalue weighted by molar-refractivity contribution is 0.109. The fraction of sp³-hybridized carbons (Fsp3) is 0.0833. The van der Waals surface area contributed by atoms with Crippen molar-refractivity contribution in [3.8, 4) is 0 Å². The van der Waals surface area contributed by atoms with Crippen molar-refractivity contribution in [1.82, 2.24) is 0 Å². The normalized spacial score (nSPS) is 10.3. The molecule has 4 heteroatoms. The van der Waals surface area contributed by atoms with Gasteiger partial charge in [0.2, 0.25) is 0 Å². The number of rotatable bonds is 3. The number of anilines is 1. The summed E-state index contributed by atoms with van der Waals surface area (Å²) < 4.78 is 5.27. The molecule has 0 spiro atoms. The van der Waals surface area contributed by atoms with Gasteiger partial charge in [0.25, 0.3) is 0 Å². The second-order valence-electron chi connectivity index (χ2n) is 3.45. The van der Waals surface area contributed by atoms with E-state index in [-0.39, 0.29) is 5.76 Å². The van der Waals surface area contributed by atoms with Gasteiger partial charge in [0.05, 0.1) is 5.69 Å². The van der Waals surface area contributed by atoms with Crippen LogP contribution in [0.15, 0.2) is 34.7 Å². The van der Waals surface area contributed by atoms with Crippen molar-refractivity contribution in [1.29, 1.82) is 0 Å². The molecule has 2 rings (SSSR count). The Morgan fingerprint density at radius 2 is 2.00 bits per heavy atom. The van der Waals surface area contributed by atoms with Crippen molar-refractivity contribution in [3.63, 3.8) is 0 Å². The van der Waals surface area contributed by atoms with Crippen molar-refractivity contribution in [2.75, 3.05) is 5.73 Å². The number of nitrogen functional groups attached to an aromatic ring is 1. The van der Waals surface area contributed by atoms with Gasteiger partial charge in [-0.3, -0.25) is 4.79 Å². The van der Waals surface area contributed by atoms with Crippen LogP contribution in [0, 0.1) is 0 Å². The van der Waals surface area contributed by atoms with Gasteiger partial charge in [0.1, 0.15) is 5.76 Å². The summed E-state index contributed by atoms with van der Waals surface area (Å²) in [6.45, 7) is 0. The SMILES string of the molecule is Nc1cc(C=O)oc1Cc1ccc(Cl)cc1. The molecule has 1 heterocycles. The molecule has 0 aliphatic heterocycles. The molecule has 0 radical (unpaired) electrons. The fourth-order valence-electron chi connectivity index (χ4n) is 1.45. The summed E-state index contributed by atoms with van der Waals surface area (Å²) in [5.41, 5.74) is 7.24. The van der Waals surface area contributed by atoms with Crippen LogP contribution in [-0.2, 0) is 6.42 Å². The lowest BCUT2D eigenvalue weighted by Gasteiger charge is -1.99. The second-order valence-corrected chi connectivity index (χ2v) is 3.88. The van der Waals surface area contributed by atoms with Crippen LogP contribution in [0.4, 0.5) is 5.69 Å². The predicted molar refractivity (Wildman–Crippen MR) is 62.8 cm³/mol. The molecule has 16 heavy (non-hydrogen) atoms. The van der Waals surface area contributed by atoms with Gasteiger partial charge in [-0.1, -0.05) is 23.7 Å². The number of nitrogens with two attached hydrogens (primary N) is 1. The van der Waals surface area contributed by atoms with Gasteiger partial charge in [0, 0.05) is 17.5 Å². The Morgan fingerprint density at radius 3 is 2.56 bits per heavy atom. The predicted octanol–water partition coefficient (Wildman–Crippen LogP) is 2.92. The third kappa shape index (κ3) is 2.25. The molecule has 0 saturated carbocycles. The van der Waals surface area contributed by atoms with Crippen molar-refractivity contribution < 1.29 is 9.21 Å². The van der Waals surface area contributed by atoms with Gasteiger partial charge in [-0.05, 0) is 17.7 Å². The molecule has 0 aliphatic carbocycles. The summed E-state index contributed by atoms with van der Waals surface area (Å²) in [7, 11) is 0. The van der Waals surface area contributed by atoms with E-state index >= 15 is 0 Å². The molecule has 0 amide bonds. The van der Waals surface area contributed by atoms with Crippen LogP contribution in [0.25, 0.3) is 0 Å². The number of furan rings is 1. The molecule has 1 aromatic heterocycles. The Kier molecular flexibility index (Phi) is 2.97. The molecule has 82 valence electrons. The first-order valence-electron chi connectivity index (χ1n) is 4.77. The first kappa shape index (κ1) is 10.8. The van der Waals surface area contributed by atoms with Gasteiger partial charge >= 0.3 is 0 Å². The van der Waals surface area contributed by atoms with Crippen molar-refractivity contribution in [2.24, 2.45) is 0 Å². The third-order valence-electron chi connectivity index (χ3n) is 2.25. The Balaban J connectivity index is 2.23. The molecule has 0 bridgehead atoms. The molecule has 1 aromatic carbocycles.